The lowest BCUT2D eigenvalue weighted by atomic mass is 10.0. The highest BCUT2D eigenvalue weighted by Crippen LogP contribution is 2.47. The molecular weight excluding hydrogens is 415 g/mol. The van der Waals surface area contributed by atoms with Gasteiger partial charge in [-0.05, 0) is 54.8 Å². The Bertz CT molecular complexity index is 1280. The first-order chi connectivity index (χ1) is 14.0. The monoisotopic (exact) mass is 428 g/mol. The lowest BCUT2D eigenvalue weighted by Gasteiger charge is -2.09. The van der Waals surface area contributed by atoms with Crippen LogP contribution in [-0.2, 0) is 0 Å². The largest absolute Gasteiger partial charge is 0.503 e. The van der Waals surface area contributed by atoms with Gasteiger partial charge in [-0.3, -0.25) is 9.36 Å². The Hall–Kier alpha value is -2.90. The van der Waals surface area contributed by atoms with E-state index in [1.807, 2.05) is 6.07 Å². The first kappa shape index (κ1) is 18.1. The molecule has 146 valence electrons. The molecule has 8 heteroatoms. The quantitative estimate of drug-likeness (QED) is 0.418. The summed E-state index contributed by atoms with van der Waals surface area (Å²) in [6.07, 6.45) is 1.48. The molecule has 5 rings (SSSR count). The number of rotatable bonds is 4. The summed E-state index contributed by atoms with van der Waals surface area (Å²) in [7, 11) is 0. The number of benzene rings is 2. The molecule has 0 bridgehead atoms. The molecule has 29 heavy (non-hydrogen) atoms. The van der Waals surface area contributed by atoms with Gasteiger partial charge in [0.25, 0.3) is 0 Å². The van der Waals surface area contributed by atoms with Crippen molar-refractivity contribution in [2.24, 2.45) is 5.92 Å². The zero-order valence-electron chi connectivity index (χ0n) is 14.9. The molecule has 0 radical (unpaired) electrons. The maximum atomic E-state index is 13.5. The first-order valence-electron chi connectivity index (χ1n) is 8.98. The lowest BCUT2D eigenvalue weighted by Crippen LogP contribution is -2.05. The van der Waals surface area contributed by atoms with Crippen LogP contribution < -0.4 is 0 Å². The topological polar surface area (TPSA) is 75.3 Å². The number of aromatic nitrogens is 2. The third-order valence-corrected chi connectivity index (χ3v) is 6.29. The molecule has 4 aromatic rings. The van der Waals surface area contributed by atoms with Gasteiger partial charge >= 0.3 is 0 Å². The highest BCUT2D eigenvalue weighted by molar-refractivity contribution is 7.21. The van der Waals surface area contributed by atoms with E-state index in [9.17, 15) is 19.4 Å². The van der Waals surface area contributed by atoms with Gasteiger partial charge in [0.1, 0.15) is 11.3 Å². The number of carbonyl (C=O) groups is 1. The molecule has 1 saturated carbocycles. The Kier molecular flexibility index (Phi) is 4.11. The van der Waals surface area contributed by atoms with Crippen LogP contribution in [0.1, 0.15) is 23.2 Å². The van der Waals surface area contributed by atoms with E-state index in [1.165, 1.54) is 40.2 Å². The molecule has 0 aliphatic heterocycles. The second-order valence-corrected chi connectivity index (χ2v) is 8.38. The number of halogens is 2. The standard InChI is InChI=1S/C21H14ClFN2O3S/c22-13-2-1-3-14-16(13)24-21(29-14)25-17(10-6-8-12(23)9-7-10)15(19(27)20(25)28)18(26)11-4-5-11/h1-3,6-9,11,27-28H,4-5H2. The maximum Gasteiger partial charge on any atom is 0.242 e. The van der Waals surface area contributed by atoms with Crippen LogP contribution in [-0.4, -0.2) is 25.5 Å². The zero-order chi connectivity index (χ0) is 20.3. The van der Waals surface area contributed by atoms with Crippen LogP contribution in [0.2, 0.25) is 5.02 Å². The SMILES string of the molecule is O=C(c1c(O)c(O)n(-c2nc3c(Cl)cccc3s2)c1-c1ccc(F)cc1)C1CC1. The molecule has 0 amide bonds. The predicted octanol–water partition coefficient (Wildman–Crippen LogP) is 5.55. The fraction of sp³-hybridized carbons (Fsp3) is 0.143. The summed E-state index contributed by atoms with van der Waals surface area (Å²) in [4.78, 5) is 17.4. The third kappa shape index (κ3) is 2.89. The van der Waals surface area contributed by atoms with Gasteiger partial charge in [-0.1, -0.05) is 29.0 Å². The summed E-state index contributed by atoms with van der Waals surface area (Å²) < 4.78 is 15.6. The fourth-order valence-corrected chi connectivity index (χ4v) is 4.67. The van der Waals surface area contributed by atoms with Crippen molar-refractivity contribution in [2.75, 3.05) is 0 Å². The third-order valence-electron chi connectivity index (χ3n) is 4.98. The molecule has 2 N–H and O–H groups in total. The number of Topliss-reactive ketones (excluding diaryl/α,β-unsaturated/α-hetero) is 1. The van der Waals surface area contributed by atoms with Crippen LogP contribution in [0, 0.1) is 11.7 Å². The van der Waals surface area contributed by atoms with Crippen molar-refractivity contribution in [3.8, 4) is 28.0 Å². The Morgan fingerprint density at radius 1 is 1.17 bits per heavy atom. The first-order valence-corrected chi connectivity index (χ1v) is 10.2. The van der Waals surface area contributed by atoms with Gasteiger partial charge in [-0.15, -0.1) is 0 Å². The van der Waals surface area contributed by atoms with E-state index in [2.05, 4.69) is 4.98 Å². The summed E-state index contributed by atoms with van der Waals surface area (Å²) in [5.74, 6) is -1.83. The molecule has 1 aliphatic rings. The smallest absolute Gasteiger partial charge is 0.242 e. The zero-order valence-corrected chi connectivity index (χ0v) is 16.5. The van der Waals surface area contributed by atoms with Crippen molar-refractivity contribution in [2.45, 2.75) is 12.8 Å². The Morgan fingerprint density at radius 3 is 2.55 bits per heavy atom. The van der Waals surface area contributed by atoms with Crippen LogP contribution in [0.25, 0.3) is 26.6 Å². The van der Waals surface area contributed by atoms with Gasteiger partial charge in [0, 0.05) is 5.92 Å². The Morgan fingerprint density at radius 2 is 1.90 bits per heavy atom. The number of hydrogen-bond donors (Lipinski definition) is 2. The number of hydrogen-bond acceptors (Lipinski definition) is 5. The van der Waals surface area contributed by atoms with Crippen molar-refractivity contribution >= 4 is 38.9 Å². The van der Waals surface area contributed by atoms with E-state index in [0.29, 0.717) is 21.2 Å². The molecule has 2 aromatic carbocycles. The van der Waals surface area contributed by atoms with Crippen molar-refractivity contribution in [3.05, 3.63) is 58.9 Å². The second kappa shape index (κ2) is 6.57. The van der Waals surface area contributed by atoms with Gasteiger partial charge in [0.15, 0.2) is 16.7 Å². The van der Waals surface area contributed by atoms with Crippen molar-refractivity contribution in [1.82, 2.24) is 9.55 Å². The molecule has 2 heterocycles. The van der Waals surface area contributed by atoms with E-state index >= 15 is 0 Å². The van der Waals surface area contributed by atoms with Crippen molar-refractivity contribution < 1.29 is 19.4 Å². The van der Waals surface area contributed by atoms with Crippen molar-refractivity contribution in [3.63, 3.8) is 0 Å². The number of fused-ring (bicyclic) bond motifs is 1. The normalized spacial score (nSPS) is 13.9. The van der Waals surface area contributed by atoms with Crippen LogP contribution in [0.3, 0.4) is 0 Å². The maximum absolute atomic E-state index is 13.5. The number of nitrogens with zero attached hydrogens (tertiary/aromatic N) is 2. The average Bonchev–Trinajstić information content (AvgIpc) is 3.41. The lowest BCUT2D eigenvalue weighted by molar-refractivity contribution is 0.0965. The molecule has 1 fully saturated rings. The van der Waals surface area contributed by atoms with Crippen LogP contribution >= 0.6 is 22.9 Å². The summed E-state index contributed by atoms with van der Waals surface area (Å²) in [5.41, 5.74) is 1.35. The molecular formula is C21H14ClFN2O3S. The number of para-hydroxylation sites is 1. The van der Waals surface area contributed by atoms with Gasteiger partial charge < -0.3 is 10.2 Å². The van der Waals surface area contributed by atoms with Gasteiger partial charge in [0.05, 0.1) is 21.0 Å². The molecule has 0 saturated heterocycles. The summed E-state index contributed by atoms with van der Waals surface area (Å²) in [6, 6.07) is 10.9. The molecule has 0 spiro atoms. The van der Waals surface area contributed by atoms with E-state index < -0.39 is 17.4 Å². The van der Waals surface area contributed by atoms with Gasteiger partial charge in [0.2, 0.25) is 5.88 Å². The summed E-state index contributed by atoms with van der Waals surface area (Å²) in [5, 5.41) is 22.2. The highest BCUT2D eigenvalue weighted by atomic mass is 35.5. The molecule has 0 unspecified atom stereocenters. The fourth-order valence-electron chi connectivity index (χ4n) is 3.40. The van der Waals surface area contributed by atoms with Crippen LogP contribution in [0.4, 0.5) is 4.39 Å². The van der Waals surface area contributed by atoms with Gasteiger partial charge in [-0.25, -0.2) is 9.37 Å². The van der Waals surface area contributed by atoms with E-state index in [-0.39, 0.29) is 23.0 Å². The highest BCUT2D eigenvalue weighted by Gasteiger charge is 2.38. The minimum atomic E-state index is -0.494. The van der Waals surface area contributed by atoms with Crippen LogP contribution in [0.15, 0.2) is 42.5 Å². The molecule has 0 atom stereocenters. The number of aromatic hydroxyl groups is 2. The summed E-state index contributed by atoms with van der Waals surface area (Å²) >= 11 is 7.50. The number of carbonyl (C=O) groups excluding carboxylic acids is 1. The minimum absolute atomic E-state index is 0.0296. The Labute approximate surface area is 173 Å². The second-order valence-electron chi connectivity index (χ2n) is 6.96. The minimum Gasteiger partial charge on any atom is -0.503 e. The van der Waals surface area contributed by atoms with Crippen LogP contribution in [0.5, 0.6) is 11.6 Å². The average molecular weight is 429 g/mol. The van der Waals surface area contributed by atoms with E-state index in [4.69, 9.17) is 11.6 Å². The van der Waals surface area contributed by atoms with Crippen molar-refractivity contribution in [1.29, 1.82) is 0 Å². The van der Waals surface area contributed by atoms with E-state index in [1.54, 1.807) is 12.1 Å². The molecule has 5 nitrogen and oxygen atoms in total. The molecule has 1 aliphatic carbocycles. The molecule has 2 aromatic heterocycles. The predicted molar refractivity (Wildman–Crippen MR) is 110 cm³/mol. The Balaban J connectivity index is 1.82. The number of thiazole rings is 1. The number of ketones is 1. The van der Waals surface area contributed by atoms with E-state index in [0.717, 1.165) is 17.5 Å². The van der Waals surface area contributed by atoms with Gasteiger partial charge in [-0.2, -0.15) is 0 Å². The summed E-state index contributed by atoms with van der Waals surface area (Å²) in [6.45, 7) is 0.